The summed E-state index contributed by atoms with van der Waals surface area (Å²) < 4.78 is 14.7. The Morgan fingerprint density at radius 3 is 2.95 bits per heavy atom. The van der Waals surface area contributed by atoms with Crippen LogP contribution < -0.4 is 15.8 Å². The molecule has 106 valence electrons. The lowest BCUT2D eigenvalue weighted by Crippen LogP contribution is -2.14. The molecule has 0 radical (unpaired) electrons. The van der Waals surface area contributed by atoms with Gasteiger partial charge in [0.15, 0.2) is 0 Å². The van der Waals surface area contributed by atoms with E-state index in [1.165, 1.54) is 0 Å². The molecule has 8 nitrogen and oxygen atoms in total. The molecule has 0 fully saturated rings. The molecule has 0 atom stereocenters. The maximum atomic E-state index is 11.9. The van der Waals surface area contributed by atoms with Crippen molar-refractivity contribution in [1.82, 2.24) is 10.3 Å². The highest BCUT2D eigenvalue weighted by atomic mass is 16.6. The Labute approximate surface area is 114 Å². The molecule has 1 aromatic heterocycles. The maximum absolute atomic E-state index is 11.9. The summed E-state index contributed by atoms with van der Waals surface area (Å²) in [4.78, 5) is 11.9. The van der Waals surface area contributed by atoms with E-state index >= 15 is 0 Å². The summed E-state index contributed by atoms with van der Waals surface area (Å²) in [6, 6.07) is 6.92. The van der Waals surface area contributed by atoms with E-state index in [0.29, 0.717) is 24.7 Å². The van der Waals surface area contributed by atoms with Crippen LogP contribution >= 0.6 is 0 Å². The summed E-state index contributed by atoms with van der Waals surface area (Å²) in [6.07, 6.45) is 0. The first-order valence-corrected chi connectivity index (χ1v) is 5.82. The van der Waals surface area contributed by atoms with Gasteiger partial charge in [0.25, 0.3) is 5.91 Å². The molecule has 2 rings (SSSR count). The Kier molecular flexibility index (Phi) is 4.51. The maximum Gasteiger partial charge on any atom is 0.281 e. The molecule has 2 aromatic rings. The Morgan fingerprint density at radius 1 is 1.40 bits per heavy atom. The molecule has 0 aliphatic heterocycles. The zero-order valence-corrected chi connectivity index (χ0v) is 10.8. The van der Waals surface area contributed by atoms with Crippen LogP contribution in [0.15, 0.2) is 28.9 Å². The van der Waals surface area contributed by atoms with Gasteiger partial charge in [-0.1, -0.05) is 6.07 Å². The molecule has 0 aliphatic carbocycles. The van der Waals surface area contributed by atoms with Gasteiger partial charge in [-0.2, -0.15) is 0 Å². The zero-order chi connectivity index (χ0) is 14.4. The predicted octanol–water partition coefficient (Wildman–Crippen LogP) is 0.929. The zero-order valence-electron chi connectivity index (χ0n) is 10.8. The van der Waals surface area contributed by atoms with Crippen molar-refractivity contribution in [3.63, 3.8) is 0 Å². The second-order valence-corrected chi connectivity index (χ2v) is 3.82. The van der Waals surface area contributed by atoms with Crippen molar-refractivity contribution < 1.29 is 18.9 Å². The van der Waals surface area contributed by atoms with Crippen LogP contribution in [-0.2, 0) is 4.74 Å². The molecular formula is C12H14N4O4. The van der Waals surface area contributed by atoms with Crippen LogP contribution in [-0.4, -0.2) is 36.5 Å². The number of nitrogens with zero attached hydrogens (tertiary/aromatic N) is 2. The quantitative estimate of drug-likeness (QED) is 0.755. The van der Waals surface area contributed by atoms with Gasteiger partial charge in [-0.25, -0.2) is 4.63 Å². The lowest BCUT2D eigenvalue weighted by molar-refractivity contribution is 0.101. The SMILES string of the molecule is COCCOc1cccc(NC(=O)c2nonc2N)c1. The molecule has 0 bridgehead atoms. The molecule has 8 heteroatoms. The number of nitrogens with one attached hydrogen (secondary N) is 1. The van der Waals surface area contributed by atoms with E-state index in [4.69, 9.17) is 15.2 Å². The Balaban J connectivity index is 2.01. The van der Waals surface area contributed by atoms with Crippen LogP contribution in [0, 0.1) is 0 Å². The Hall–Kier alpha value is -2.61. The first-order chi connectivity index (χ1) is 9.70. The largest absolute Gasteiger partial charge is 0.491 e. The number of carbonyl (C=O) groups excluding carboxylic acids is 1. The van der Waals surface area contributed by atoms with E-state index < -0.39 is 5.91 Å². The van der Waals surface area contributed by atoms with Gasteiger partial charge < -0.3 is 20.5 Å². The smallest absolute Gasteiger partial charge is 0.281 e. The van der Waals surface area contributed by atoms with Crippen molar-refractivity contribution in [2.75, 3.05) is 31.4 Å². The lowest BCUT2D eigenvalue weighted by atomic mass is 10.3. The van der Waals surface area contributed by atoms with Gasteiger partial charge >= 0.3 is 0 Å². The van der Waals surface area contributed by atoms with E-state index in [-0.39, 0.29) is 11.5 Å². The van der Waals surface area contributed by atoms with Gasteiger partial charge in [-0.15, -0.1) is 0 Å². The second-order valence-electron chi connectivity index (χ2n) is 3.82. The average Bonchev–Trinajstić information content (AvgIpc) is 2.86. The van der Waals surface area contributed by atoms with Crippen LogP contribution in [0.5, 0.6) is 5.75 Å². The van der Waals surface area contributed by atoms with Gasteiger partial charge in [-0.05, 0) is 22.4 Å². The summed E-state index contributed by atoms with van der Waals surface area (Å²) in [5, 5.41) is 9.39. The van der Waals surface area contributed by atoms with Gasteiger partial charge in [0.1, 0.15) is 12.4 Å². The van der Waals surface area contributed by atoms with Crippen LogP contribution in [0.1, 0.15) is 10.5 Å². The highest BCUT2D eigenvalue weighted by molar-refractivity contribution is 6.05. The van der Waals surface area contributed by atoms with Crippen molar-refractivity contribution >= 4 is 17.4 Å². The minimum Gasteiger partial charge on any atom is -0.491 e. The van der Waals surface area contributed by atoms with E-state index in [2.05, 4.69) is 20.3 Å². The molecule has 3 N–H and O–H groups in total. The highest BCUT2D eigenvalue weighted by Crippen LogP contribution is 2.18. The number of aromatic nitrogens is 2. The van der Waals surface area contributed by atoms with Crippen molar-refractivity contribution in [3.05, 3.63) is 30.0 Å². The lowest BCUT2D eigenvalue weighted by Gasteiger charge is -2.08. The number of nitrogen functional groups attached to an aromatic ring is 1. The van der Waals surface area contributed by atoms with Crippen LogP contribution in [0.4, 0.5) is 11.5 Å². The van der Waals surface area contributed by atoms with E-state index in [0.717, 1.165) is 0 Å². The van der Waals surface area contributed by atoms with Gasteiger partial charge in [0, 0.05) is 18.9 Å². The number of hydrogen-bond donors (Lipinski definition) is 2. The molecule has 1 heterocycles. The van der Waals surface area contributed by atoms with Crippen LogP contribution in [0.2, 0.25) is 0 Å². The van der Waals surface area contributed by atoms with Crippen LogP contribution in [0.25, 0.3) is 0 Å². The number of methoxy groups -OCH3 is 1. The predicted molar refractivity (Wildman–Crippen MR) is 70.5 cm³/mol. The first kappa shape index (κ1) is 13.8. The van der Waals surface area contributed by atoms with E-state index in [1.807, 2.05) is 0 Å². The average molecular weight is 278 g/mol. The number of rotatable bonds is 6. The molecule has 0 saturated carbocycles. The van der Waals surface area contributed by atoms with E-state index in [9.17, 15) is 4.79 Å². The number of hydrogen-bond acceptors (Lipinski definition) is 7. The summed E-state index contributed by atoms with van der Waals surface area (Å²) in [7, 11) is 1.59. The number of amides is 1. The number of ether oxygens (including phenoxy) is 2. The summed E-state index contributed by atoms with van der Waals surface area (Å²) in [6.45, 7) is 0.909. The molecule has 0 saturated heterocycles. The number of benzene rings is 1. The minimum absolute atomic E-state index is 0.0595. The normalized spacial score (nSPS) is 10.2. The highest BCUT2D eigenvalue weighted by Gasteiger charge is 2.16. The van der Waals surface area contributed by atoms with Crippen LogP contribution in [0.3, 0.4) is 0 Å². The summed E-state index contributed by atoms with van der Waals surface area (Å²) in [5.41, 5.74) is 5.93. The number of carbonyl (C=O) groups is 1. The third-order valence-corrected chi connectivity index (χ3v) is 2.38. The van der Waals surface area contributed by atoms with Gasteiger partial charge in [-0.3, -0.25) is 4.79 Å². The standard InChI is InChI=1S/C12H14N4O4/c1-18-5-6-19-9-4-2-3-8(7-9)14-12(17)10-11(13)16-20-15-10/h2-4,7H,5-6H2,1H3,(H2,13,16)(H,14,17). The first-order valence-electron chi connectivity index (χ1n) is 5.82. The molecule has 0 unspecified atom stereocenters. The van der Waals surface area contributed by atoms with Gasteiger partial charge in [0.05, 0.1) is 6.61 Å². The minimum atomic E-state index is -0.502. The fourth-order valence-electron chi connectivity index (χ4n) is 1.45. The summed E-state index contributed by atoms with van der Waals surface area (Å²) in [5.74, 6) is 0.0545. The third-order valence-electron chi connectivity index (χ3n) is 2.38. The van der Waals surface area contributed by atoms with Crippen molar-refractivity contribution in [3.8, 4) is 5.75 Å². The Morgan fingerprint density at radius 2 is 2.25 bits per heavy atom. The van der Waals surface area contributed by atoms with Crippen molar-refractivity contribution in [2.24, 2.45) is 0 Å². The Bertz CT molecular complexity index is 584. The number of anilines is 2. The van der Waals surface area contributed by atoms with E-state index in [1.54, 1.807) is 31.4 Å². The van der Waals surface area contributed by atoms with Crippen molar-refractivity contribution in [2.45, 2.75) is 0 Å². The van der Waals surface area contributed by atoms with Gasteiger partial charge in [0.2, 0.25) is 11.5 Å². The molecular weight excluding hydrogens is 264 g/mol. The second kappa shape index (κ2) is 6.53. The number of nitrogens with two attached hydrogens (primary N) is 1. The summed E-state index contributed by atoms with van der Waals surface area (Å²) >= 11 is 0. The topological polar surface area (TPSA) is 112 Å². The van der Waals surface area contributed by atoms with Crippen molar-refractivity contribution in [1.29, 1.82) is 0 Å². The fraction of sp³-hybridized carbons (Fsp3) is 0.250. The monoisotopic (exact) mass is 278 g/mol. The molecule has 0 spiro atoms. The fourth-order valence-corrected chi connectivity index (χ4v) is 1.45. The molecule has 1 aromatic carbocycles. The molecule has 1 amide bonds. The third kappa shape index (κ3) is 3.45. The molecule has 0 aliphatic rings. The molecule has 20 heavy (non-hydrogen) atoms.